The number of carbonyl (C=O) groups is 1. The van der Waals surface area contributed by atoms with Gasteiger partial charge < -0.3 is 11.1 Å². The maximum Gasteiger partial charge on any atom is 0.265 e. The number of aryl methyl sites for hydroxylation is 2. The molecule has 0 radical (unpaired) electrons. The molecule has 1 aromatic heterocycles. The van der Waals surface area contributed by atoms with Crippen LogP contribution in [0.4, 0.5) is 5.69 Å². The van der Waals surface area contributed by atoms with Crippen molar-refractivity contribution in [2.24, 2.45) is 5.73 Å². The summed E-state index contributed by atoms with van der Waals surface area (Å²) < 4.78 is 0. The molecule has 0 aliphatic carbocycles. The third kappa shape index (κ3) is 3.85. The number of amides is 1. The van der Waals surface area contributed by atoms with Gasteiger partial charge in [-0.2, -0.15) is 0 Å². The molecule has 0 saturated heterocycles. The second kappa shape index (κ2) is 6.77. The van der Waals surface area contributed by atoms with Gasteiger partial charge in [-0.1, -0.05) is 29.5 Å². The van der Waals surface area contributed by atoms with Crippen LogP contribution in [0.5, 0.6) is 0 Å². The smallest absolute Gasteiger partial charge is 0.265 e. The summed E-state index contributed by atoms with van der Waals surface area (Å²) in [5.41, 5.74) is 7.98. The molecule has 1 aromatic carbocycles. The molecule has 0 fully saturated rings. The van der Waals surface area contributed by atoms with Gasteiger partial charge in [-0.25, -0.2) is 0 Å². The largest absolute Gasteiger partial charge is 0.320 e. The van der Waals surface area contributed by atoms with Gasteiger partial charge in [0.25, 0.3) is 5.91 Å². The van der Waals surface area contributed by atoms with E-state index in [0.717, 1.165) is 16.0 Å². The lowest BCUT2D eigenvalue weighted by atomic mass is 10.2. The van der Waals surface area contributed by atoms with E-state index in [1.807, 2.05) is 32.0 Å². The average Bonchev–Trinajstić information content (AvgIpc) is 2.81. The Morgan fingerprint density at radius 1 is 1.38 bits per heavy atom. The minimum absolute atomic E-state index is 0.186. The van der Waals surface area contributed by atoms with Crippen LogP contribution in [0.25, 0.3) is 0 Å². The molecule has 2 aromatic rings. The quantitative estimate of drug-likeness (QED) is 0.832. The first-order chi connectivity index (χ1) is 10.0. The predicted octanol–water partition coefficient (Wildman–Crippen LogP) is 3.58. The number of nitrogens with two attached hydrogens (primary N) is 1. The summed E-state index contributed by atoms with van der Waals surface area (Å²) in [7, 11) is 0. The number of benzene rings is 1. The molecule has 108 valence electrons. The van der Waals surface area contributed by atoms with E-state index in [2.05, 4.69) is 17.2 Å². The lowest BCUT2D eigenvalue weighted by Gasteiger charge is -2.06. The summed E-state index contributed by atoms with van der Waals surface area (Å²) in [4.78, 5) is 13.7. The Hall–Kier alpha value is -1.80. The van der Waals surface area contributed by atoms with Gasteiger partial charge in [0.15, 0.2) is 0 Å². The summed E-state index contributed by atoms with van der Waals surface area (Å²) in [6, 6.07) is 7.34. The molecule has 3 nitrogen and oxygen atoms in total. The number of halogens is 1. The first-order valence-corrected chi connectivity index (χ1v) is 7.57. The number of rotatable bonds is 2. The van der Waals surface area contributed by atoms with Gasteiger partial charge in [-0.15, -0.1) is 11.3 Å². The van der Waals surface area contributed by atoms with Gasteiger partial charge >= 0.3 is 0 Å². The molecule has 0 aliphatic heterocycles. The highest BCUT2D eigenvalue weighted by molar-refractivity contribution is 7.14. The Balaban J connectivity index is 2.21. The van der Waals surface area contributed by atoms with Crippen LogP contribution in [0.15, 0.2) is 24.3 Å². The van der Waals surface area contributed by atoms with Crippen LogP contribution >= 0.6 is 22.9 Å². The van der Waals surface area contributed by atoms with Gasteiger partial charge in [0, 0.05) is 0 Å². The van der Waals surface area contributed by atoms with Crippen molar-refractivity contribution < 1.29 is 4.79 Å². The number of carbonyl (C=O) groups excluding carboxylic acids is 1. The molecule has 0 unspecified atom stereocenters. The lowest BCUT2D eigenvalue weighted by molar-refractivity contribution is 0.103. The fourth-order valence-electron chi connectivity index (χ4n) is 1.75. The topological polar surface area (TPSA) is 55.1 Å². The Labute approximate surface area is 133 Å². The molecule has 0 bridgehead atoms. The molecule has 0 spiro atoms. The molecule has 0 aliphatic rings. The van der Waals surface area contributed by atoms with Gasteiger partial charge in [0.1, 0.15) is 0 Å². The highest BCUT2D eigenvalue weighted by Gasteiger charge is 2.13. The molecule has 0 atom stereocenters. The number of hydrogen-bond donors (Lipinski definition) is 2. The summed E-state index contributed by atoms with van der Waals surface area (Å²) >= 11 is 7.47. The molecule has 1 heterocycles. The summed E-state index contributed by atoms with van der Waals surface area (Å²) in [6.45, 7) is 4.17. The highest BCUT2D eigenvalue weighted by atomic mass is 35.5. The van der Waals surface area contributed by atoms with Crippen molar-refractivity contribution >= 4 is 34.5 Å². The van der Waals surface area contributed by atoms with E-state index in [0.29, 0.717) is 22.1 Å². The zero-order chi connectivity index (χ0) is 15.4. The Morgan fingerprint density at radius 2 is 2.14 bits per heavy atom. The summed E-state index contributed by atoms with van der Waals surface area (Å²) in [5.74, 6) is 5.58. The van der Waals surface area contributed by atoms with Crippen LogP contribution in [0.3, 0.4) is 0 Å². The fourth-order valence-corrected chi connectivity index (χ4v) is 2.98. The Kier molecular flexibility index (Phi) is 5.03. The molecular weight excluding hydrogens is 304 g/mol. The van der Waals surface area contributed by atoms with Gasteiger partial charge in [0.2, 0.25) is 0 Å². The molecule has 2 rings (SSSR count). The van der Waals surface area contributed by atoms with Gasteiger partial charge in [-0.3, -0.25) is 4.79 Å². The van der Waals surface area contributed by atoms with Crippen molar-refractivity contribution in [1.29, 1.82) is 0 Å². The maximum atomic E-state index is 12.3. The normalized spacial score (nSPS) is 9.90. The molecule has 5 heteroatoms. The Bertz CT molecular complexity index is 740. The number of nitrogens with one attached hydrogen (secondary N) is 1. The minimum atomic E-state index is -0.186. The van der Waals surface area contributed by atoms with Gasteiger partial charge in [-0.05, 0) is 43.2 Å². The monoisotopic (exact) mass is 318 g/mol. The molecule has 0 saturated carbocycles. The molecule has 3 N–H and O–H groups in total. The molecule has 1 amide bonds. The van der Waals surface area contributed by atoms with Crippen LogP contribution in [-0.2, 0) is 0 Å². The molecular formula is C16H15ClN2OS. The van der Waals surface area contributed by atoms with Crippen molar-refractivity contribution in [3.8, 4) is 11.8 Å². The van der Waals surface area contributed by atoms with Crippen molar-refractivity contribution in [3.05, 3.63) is 50.2 Å². The van der Waals surface area contributed by atoms with E-state index in [1.54, 1.807) is 6.07 Å². The minimum Gasteiger partial charge on any atom is -0.320 e. The second-order valence-corrected chi connectivity index (χ2v) is 6.03. The number of hydrogen-bond acceptors (Lipinski definition) is 3. The van der Waals surface area contributed by atoms with E-state index in [4.69, 9.17) is 17.3 Å². The van der Waals surface area contributed by atoms with Crippen molar-refractivity contribution in [3.63, 3.8) is 0 Å². The SMILES string of the molecule is Cc1ccc(NC(=O)c2cc(C)c(C#CCN)s2)c(Cl)c1. The first-order valence-electron chi connectivity index (χ1n) is 6.38. The molecule has 21 heavy (non-hydrogen) atoms. The van der Waals surface area contributed by atoms with Crippen LogP contribution in [0.1, 0.15) is 25.7 Å². The zero-order valence-electron chi connectivity index (χ0n) is 11.8. The standard InChI is InChI=1S/C16H15ClN2OS/c1-10-5-6-13(12(17)8-10)19-16(20)15-9-11(2)14(21-15)4-3-7-18/h5-6,8-9H,7,18H2,1-2H3,(H,19,20). The van der Waals surface area contributed by atoms with Crippen LogP contribution < -0.4 is 11.1 Å². The number of anilines is 1. The van der Waals surface area contributed by atoms with E-state index in [9.17, 15) is 4.79 Å². The van der Waals surface area contributed by atoms with Crippen molar-refractivity contribution in [1.82, 2.24) is 0 Å². The first kappa shape index (κ1) is 15.6. The van der Waals surface area contributed by atoms with E-state index in [-0.39, 0.29) is 5.91 Å². The predicted molar refractivity (Wildman–Crippen MR) is 89.1 cm³/mol. The van der Waals surface area contributed by atoms with Crippen LogP contribution in [0, 0.1) is 25.7 Å². The van der Waals surface area contributed by atoms with Crippen LogP contribution in [-0.4, -0.2) is 12.5 Å². The highest BCUT2D eigenvalue weighted by Crippen LogP contribution is 2.26. The lowest BCUT2D eigenvalue weighted by Crippen LogP contribution is -2.10. The van der Waals surface area contributed by atoms with E-state index in [1.165, 1.54) is 11.3 Å². The zero-order valence-corrected chi connectivity index (χ0v) is 13.4. The van der Waals surface area contributed by atoms with Crippen molar-refractivity contribution in [2.75, 3.05) is 11.9 Å². The summed E-state index contributed by atoms with van der Waals surface area (Å²) in [6.07, 6.45) is 0. The van der Waals surface area contributed by atoms with E-state index >= 15 is 0 Å². The third-order valence-electron chi connectivity index (χ3n) is 2.82. The number of thiophene rings is 1. The van der Waals surface area contributed by atoms with Gasteiger partial charge in [0.05, 0.1) is 27.0 Å². The Morgan fingerprint density at radius 3 is 2.81 bits per heavy atom. The second-order valence-electron chi connectivity index (χ2n) is 4.57. The third-order valence-corrected chi connectivity index (χ3v) is 4.28. The average molecular weight is 319 g/mol. The van der Waals surface area contributed by atoms with Crippen molar-refractivity contribution in [2.45, 2.75) is 13.8 Å². The fraction of sp³-hybridized carbons (Fsp3) is 0.188. The maximum absolute atomic E-state index is 12.3. The van der Waals surface area contributed by atoms with E-state index < -0.39 is 0 Å². The van der Waals surface area contributed by atoms with Crippen LogP contribution in [0.2, 0.25) is 5.02 Å². The summed E-state index contributed by atoms with van der Waals surface area (Å²) in [5, 5.41) is 3.34.